The first-order chi connectivity index (χ1) is 31.3. The molecule has 0 aromatic carbocycles. The van der Waals surface area contributed by atoms with Crippen LogP contribution in [-0.2, 0) is 28.6 Å². The van der Waals surface area contributed by atoms with Crippen molar-refractivity contribution in [1.82, 2.24) is 0 Å². The van der Waals surface area contributed by atoms with Gasteiger partial charge in [-0.2, -0.15) is 0 Å². The van der Waals surface area contributed by atoms with Gasteiger partial charge in [-0.1, -0.05) is 285 Å². The monoisotopic (exact) mass is 905 g/mol. The zero-order chi connectivity index (χ0) is 46.8. The van der Waals surface area contributed by atoms with Gasteiger partial charge in [0, 0.05) is 19.3 Å². The lowest BCUT2D eigenvalue weighted by Gasteiger charge is -2.18. The largest absolute Gasteiger partial charge is 0.462 e. The molecular formula is C58H112O6. The first-order valence-corrected chi connectivity index (χ1v) is 28.8. The summed E-state index contributed by atoms with van der Waals surface area (Å²) in [6, 6.07) is 0. The normalized spacial score (nSPS) is 12.9. The Kier molecular flexibility index (Phi) is 49.6. The minimum Gasteiger partial charge on any atom is -0.462 e. The second-order valence-electron chi connectivity index (χ2n) is 20.4. The van der Waals surface area contributed by atoms with Crippen LogP contribution in [0.25, 0.3) is 0 Å². The maximum Gasteiger partial charge on any atom is 0.306 e. The first kappa shape index (κ1) is 62.4. The standard InChI is InChI=1S/C58H112O6/c1-6-9-10-11-12-13-14-15-19-22-28-33-38-43-48-56(59)62-51-55(64-58(61)50-45-40-35-30-25-24-27-32-37-42-47-54(5)8-3)52-63-57(60)49-44-39-34-29-23-20-17-16-18-21-26-31-36-41-46-53(4)7-2/h53-55H,6-52H2,1-5H3/t53?,54?,55-/m0/s1. The predicted octanol–water partition coefficient (Wildman–Crippen LogP) is 18.9. The van der Waals surface area contributed by atoms with Crippen molar-refractivity contribution in [2.24, 2.45) is 11.8 Å². The van der Waals surface area contributed by atoms with Crippen LogP contribution in [0.5, 0.6) is 0 Å². The van der Waals surface area contributed by atoms with Crippen LogP contribution in [0.4, 0.5) is 0 Å². The lowest BCUT2D eigenvalue weighted by atomic mass is 9.99. The Morgan fingerprint density at radius 1 is 0.312 bits per heavy atom. The zero-order valence-corrected chi connectivity index (χ0v) is 43.9. The number of esters is 3. The number of carbonyl (C=O) groups excluding carboxylic acids is 3. The van der Waals surface area contributed by atoms with Crippen LogP contribution >= 0.6 is 0 Å². The van der Waals surface area contributed by atoms with Crippen molar-refractivity contribution >= 4 is 17.9 Å². The van der Waals surface area contributed by atoms with E-state index in [4.69, 9.17) is 14.2 Å². The van der Waals surface area contributed by atoms with Gasteiger partial charge < -0.3 is 14.2 Å². The Bertz CT molecular complexity index is 982. The van der Waals surface area contributed by atoms with Gasteiger partial charge in [0.05, 0.1) is 0 Å². The Morgan fingerprint density at radius 2 is 0.547 bits per heavy atom. The average molecular weight is 906 g/mol. The van der Waals surface area contributed by atoms with Gasteiger partial charge in [-0.05, 0) is 31.1 Å². The van der Waals surface area contributed by atoms with E-state index in [1.165, 1.54) is 212 Å². The summed E-state index contributed by atoms with van der Waals surface area (Å²) in [6.07, 6.45) is 53.6. The van der Waals surface area contributed by atoms with Crippen molar-refractivity contribution in [2.45, 2.75) is 330 Å². The molecule has 0 amide bonds. The predicted molar refractivity (Wildman–Crippen MR) is 275 cm³/mol. The number of rotatable bonds is 52. The summed E-state index contributed by atoms with van der Waals surface area (Å²) >= 11 is 0. The molecule has 0 aliphatic carbocycles. The third-order valence-electron chi connectivity index (χ3n) is 13.9. The molecule has 6 heteroatoms. The molecule has 0 rings (SSSR count). The fraction of sp³-hybridized carbons (Fsp3) is 0.948. The molecule has 3 atom stereocenters. The number of carbonyl (C=O) groups is 3. The fourth-order valence-electron chi connectivity index (χ4n) is 8.81. The van der Waals surface area contributed by atoms with E-state index in [-0.39, 0.29) is 31.1 Å². The van der Waals surface area contributed by atoms with E-state index in [1.54, 1.807) is 0 Å². The van der Waals surface area contributed by atoms with Gasteiger partial charge in [-0.15, -0.1) is 0 Å². The molecule has 0 aromatic heterocycles. The van der Waals surface area contributed by atoms with E-state index in [0.717, 1.165) is 69.6 Å². The Hall–Kier alpha value is -1.59. The molecule has 380 valence electrons. The van der Waals surface area contributed by atoms with E-state index >= 15 is 0 Å². The molecular weight excluding hydrogens is 793 g/mol. The van der Waals surface area contributed by atoms with E-state index < -0.39 is 6.10 Å². The Balaban J connectivity index is 4.30. The summed E-state index contributed by atoms with van der Waals surface area (Å²) in [6.45, 7) is 11.5. The van der Waals surface area contributed by atoms with Crippen LogP contribution in [0.2, 0.25) is 0 Å². The third kappa shape index (κ3) is 48.3. The van der Waals surface area contributed by atoms with Gasteiger partial charge in [0.25, 0.3) is 0 Å². The van der Waals surface area contributed by atoms with Gasteiger partial charge in [0.15, 0.2) is 6.10 Å². The molecule has 0 aliphatic heterocycles. The molecule has 6 nitrogen and oxygen atoms in total. The quantitative estimate of drug-likeness (QED) is 0.0344. The second kappa shape index (κ2) is 50.8. The van der Waals surface area contributed by atoms with Crippen molar-refractivity contribution in [3.8, 4) is 0 Å². The van der Waals surface area contributed by atoms with Gasteiger partial charge in [0.2, 0.25) is 0 Å². The summed E-state index contributed by atoms with van der Waals surface area (Å²) < 4.78 is 16.9. The Labute approximate surface area is 399 Å². The maximum atomic E-state index is 12.8. The molecule has 0 aliphatic rings. The molecule has 0 aromatic rings. The number of unbranched alkanes of at least 4 members (excludes halogenated alkanes) is 35. The van der Waals surface area contributed by atoms with E-state index in [1.807, 2.05) is 0 Å². The van der Waals surface area contributed by atoms with Crippen LogP contribution < -0.4 is 0 Å². The van der Waals surface area contributed by atoms with Crippen LogP contribution in [-0.4, -0.2) is 37.2 Å². The van der Waals surface area contributed by atoms with Gasteiger partial charge >= 0.3 is 17.9 Å². The molecule has 0 radical (unpaired) electrons. The van der Waals surface area contributed by atoms with E-state index in [0.29, 0.717) is 19.3 Å². The highest BCUT2D eigenvalue weighted by Crippen LogP contribution is 2.19. The summed E-state index contributed by atoms with van der Waals surface area (Å²) in [5, 5.41) is 0. The molecule has 0 spiro atoms. The molecule has 0 heterocycles. The highest BCUT2D eigenvalue weighted by Gasteiger charge is 2.19. The summed E-state index contributed by atoms with van der Waals surface area (Å²) in [4.78, 5) is 38.1. The SMILES string of the molecule is CCCCCCCCCCCCCCCCC(=O)OC[C@@H](COC(=O)CCCCCCCCCCCCCCCCC(C)CC)OC(=O)CCCCCCCCCCCCC(C)CC. The highest BCUT2D eigenvalue weighted by atomic mass is 16.6. The van der Waals surface area contributed by atoms with E-state index in [9.17, 15) is 14.4 Å². The maximum absolute atomic E-state index is 12.8. The summed E-state index contributed by atoms with van der Waals surface area (Å²) in [5.41, 5.74) is 0. The molecule has 64 heavy (non-hydrogen) atoms. The number of hydrogen-bond donors (Lipinski definition) is 0. The lowest BCUT2D eigenvalue weighted by Crippen LogP contribution is -2.30. The first-order valence-electron chi connectivity index (χ1n) is 28.8. The van der Waals surface area contributed by atoms with Crippen LogP contribution in [0.3, 0.4) is 0 Å². The van der Waals surface area contributed by atoms with Crippen LogP contribution in [0.15, 0.2) is 0 Å². The zero-order valence-electron chi connectivity index (χ0n) is 43.9. The summed E-state index contributed by atoms with van der Waals surface area (Å²) in [5.74, 6) is 0.923. The fourth-order valence-corrected chi connectivity index (χ4v) is 8.81. The smallest absolute Gasteiger partial charge is 0.306 e. The van der Waals surface area contributed by atoms with Crippen LogP contribution in [0.1, 0.15) is 324 Å². The number of hydrogen-bond acceptors (Lipinski definition) is 6. The van der Waals surface area contributed by atoms with Crippen molar-refractivity contribution in [1.29, 1.82) is 0 Å². The molecule has 0 N–H and O–H groups in total. The van der Waals surface area contributed by atoms with Crippen LogP contribution in [0, 0.1) is 11.8 Å². The second-order valence-corrected chi connectivity index (χ2v) is 20.4. The molecule has 0 saturated carbocycles. The van der Waals surface area contributed by atoms with Crippen molar-refractivity contribution in [2.75, 3.05) is 13.2 Å². The molecule has 0 saturated heterocycles. The van der Waals surface area contributed by atoms with Gasteiger partial charge in [-0.3, -0.25) is 14.4 Å². The van der Waals surface area contributed by atoms with E-state index in [2.05, 4.69) is 34.6 Å². The minimum absolute atomic E-state index is 0.0629. The van der Waals surface area contributed by atoms with Crippen molar-refractivity contribution in [3.05, 3.63) is 0 Å². The minimum atomic E-state index is -0.763. The van der Waals surface area contributed by atoms with Gasteiger partial charge in [0.1, 0.15) is 13.2 Å². The van der Waals surface area contributed by atoms with Crippen molar-refractivity contribution in [3.63, 3.8) is 0 Å². The molecule has 0 fully saturated rings. The lowest BCUT2D eigenvalue weighted by molar-refractivity contribution is -0.167. The van der Waals surface area contributed by atoms with Crippen molar-refractivity contribution < 1.29 is 28.6 Å². The third-order valence-corrected chi connectivity index (χ3v) is 13.9. The summed E-state index contributed by atoms with van der Waals surface area (Å²) in [7, 11) is 0. The number of ether oxygens (including phenoxy) is 3. The molecule has 0 bridgehead atoms. The highest BCUT2D eigenvalue weighted by molar-refractivity contribution is 5.71. The Morgan fingerprint density at radius 3 is 0.812 bits per heavy atom. The topological polar surface area (TPSA) is 78.9 Å². The van der Waals surface area contributed by atoms with Gasteiger partial charge in [-0.25, -0.2) is 0 Å². The molecule has 2 unspecified atom stereocenters. The average Bonchev–Trinajstić information content (AvgIpc) is 3.29.